The van der Waals surface area contributed by atoms with Gasteiger partial charge in [0.1, 0.15) is 11.6 Å². The van der Waals surface area contributed by atoms with Crippen LogP contribution in [0.2, 0.25) is 0 Å². The van der Waals surface area contributed by atoms with Crippen LogP contribution < -0.4 is 16.6 Å². The second-order valence-electron chi connectivity index (χ2n) is 4.18. The lowest BCUT2D eigenvalue weighted by Crippen LogP contribution is -2.42. The monoisotopic (exact) mass is 286 g/mol. The second-order valence-corrected chi connectivity index (χ2v) is 4.18. The molecular weight excluding hydrogens is 266 g/mol. The van der Waals surface area contributed by atoms with Crippen LogP contribution >= 0.6 is 0 Å². The smallest absolute Gasteiger partial charge is 0.205 e. The number of ether oxygens (including phenoxy) is 1. The van der Waals surface area contributed by atoms with Crippen LogP contribution in [0.4, 0.5) is 8.78 Å². The van der Waals surface area contributed by atoms with E-state index >= 15 is 0 Å². The van der Waals surface area contributed by atoms with E-state index in [4.69, 9.17) is 10.6 Å². The molecular formula is C13H20F2N4O. The molecule has 0 radical (unpaired) electrons. The zero-order valence-corrected chi connectivity index (χ0v) is 11.5. The lowest BCUT2D eigenvalue weighted by atomic mass is 10.1. The molecule has 4 N–H and O–H groups in total. The normalized spacial score (nSPS) is 11.5. The molecule has 0 aliphatic heterocycles. The summed E-state index contributed by atoms with van der Waals surface area (Å²) in [5, 5.41) is 2.96. The van der Waals surface area contributed by atoms with Gasteiger partial charge < -0.3 is 10.1 Å². The molecule has 5 nitrogen and oxygen atoms in total. The van der Waals surface area contributed by atoms with E-state index in [1.54, 1.807) is 7.11 Å². The Morgan fingerprint density at radius 3 is 2.60 bits per heavy atom. The Hall–Kier alpha value is -1.73. The van der Waals surface area contributed by atoms with E-state index in [0.29, 0.717) is 37.6 Å². The zero-order chi connectivity index (χ0) is 14.8. The molecule has 1 rings (SSSR count). The van der Waals surface area contributed by atoms with Gasteiger partial charge in [-0.15, -0.1) is 0 Å². The van der Waals surface area contributed by atoms with Crippen LogP contribution in [0.3, 0.4) is 0 Å². The third kappa shape index (κ3) is 6.44. The average Bonchev–Trinajstić information content (AvgIpc) is 2.40. The van der Waals surface area contributed by atoms with E-state index in [9.17, 15) is 8.78 Å². The fraction of sp³-hybridized carbons (Fsp3) is 0.462. The summed E-state index contributed by atoms with van der Waals surface area (Å²) in [6.45, 7) is 1.68. The van der Waals surface area contributed by atoms with Crippen molar-refractivity contribution in [2.24, 2.45) is 10.8 Å². The Labute approximate surface area is 117 Å². The molecule has 112 valence electrons. The van der Waals surface area contributed by atoms with Crippen LogP contribution in [0.15, 0.2) is 23.2 Å². The maximum absolute atomic E-state index is 13.0. The van der Waals surface area contributed by atoms with Crippen molar-refractivity contribution in [3.05, 3.63) is 35.4 Å². The third-order valence-electron chi connectivity index (χ3n) is 2.54. The van der Waals surface area contributed by atoms with Gasteiger partial charge in [0.15, 0.2) is 0 Å². The first-order valence-corrected chi connectivity index (χ1v) is 6.34. The summed E-state index contributed by atoms with van der Waals surface area (Å²) in [4.78, 5) is 4.19. The van der Waals surface area contributed by atoms with Crippen molar-refractivity contribution in [1.82, 2.24) is 10.7 Å². The topological polar surface area (TPSA) is 71.7 Å². The first-order chi connectivity index (χ1) is 9.65. The summed E-state index contributed by atoms with van der Waals surface area (Å²) in [7, 11) is 1.63. The van der Waals surface area contributed by atoms with E-state index < -0.39 is 11.6 Å². The molecule has 0 spiro atoms. The fourth-order valence-corrected chi connectivity index (χ4v) is 1.63. The highest BCUT2D eigenvalue weighted by Crippen LogP contribution is 2.07. The first-order valence-electron chi connectivity index (χ1n) is 6.34. The molecule has 0 bridgehead atoms. The van der Waals surface area contributed by atoms with Crippen molar-refractivity contribution in [2.45, 2.75) is 12.8 Å². The van der Waals surface area contributed by atoms with Crippen molar-refractivity contribution in [3.8, 4) is 0 Å². The SMILES string of the molecule is COCCCN=C(NN)NCCc1cc(F)cc(F)c1. The minimum absolute atomic E-state index is 0.443. The minimum atomic E-state index is -0.578. The van der Waals surface area contributed by atoms with Gasteiger partial charge in [-0.1, -0.05) is 0 Å². The van der Waals surface area contributed by atoms with E-state index in [1.165, 1.54) is 12.1 Å². The number of nitrogens with zero attached hydrogens (tertiary/aromatic N) is 1. The number of hydrazine groups is 1. The van der Waals surface area contributed by atoms with Crippen LogP contribution in [0.25, 0.3) is 0 Å². The minimum Gasteiger partial charge on any atom is -0.385 e. The van der Waals surface area contributed by atoms with Gasteiger partial charge in [0.05, 0.1) is 0 Å². The molecule has 0 aromatic heterocycles. The first kappa shape index (κ1) is 16.3. The van der Waals surface area contributed by atoms with Crippen LogP contribution in [-0.4, -0.2) is 32.8 Å². The second kappa shape index (κ2) is 9.22. The van der Waals surface area contributed by atoms with Crippen LogP contribution in [0, 0.1) is 11.6 Å². The Kier molecular flexibility index (Phi) is 7.52. The van der Waals surface area contributed by atoms with Gasteiger partial charge >= 0.3 is 0 Å². The standard InChI is InChI=1S/C13H20F2N4O/c1-20-6-2-4-17-13(19-16)18-5-3-10-7-11(14)9-12(15)8-10/h7-9H,2-6,16H2,1H3,(H2,17,18,19). The summed E-state index contributed by atoms with van der Waals surface area (Å²) in [6.07, 6.45) is 1.26. The number of hydrogen-bond donors (Lipinski definition) is 3. The molecule has 1 aromatic carbocycles. The van der Waals surface area contributed by atoms with Crippen molar-refractivity contribution in [2.75, 3.05) is 26.8 Å². The van der Waals surface area contributed by atoms with Crippen LogP contribution in [0.1, 0.15) is 12.0 Å². The van der Waals surface area contributed by atoms with Crippen molar-refractivity contribution in [1.29, 1.82) is 0 Å². The molecule has 0 saturated carbocycles. The molecule has 1 aromatic rings. The fourth-order valence-electron chi connectivity index (χ4n) is 1.63. The Morgan fingerprint density at radius 1 is 1.30 bits per heavy atom. The van der Waals surface area contributed by atoms with Gasteiger partial charge in [-0.3, -0.25) is 10.4 Å². The maximum Gasteiger partial charge on any atom is 0.205 e. The lowest BCUT2D eigenvalue weighted by molar-refractivity contribution is 0.197. The number of guanidine groups is 1. The molecule has 0 unspecified atom stereocenters. The summed E-state index contributed by atoms with van der Waals surface area (Å²) in [6, 6.07) is 3.45. The van der Waals surface area contributed by atoms with Gasteiger partial charge in [-0.05, 0) is 30.5 Å². The van der Waals surface area contributed by atoms with E-state index in [-0.39, 0.29) is 0 Å². The molecule has 0 fully saturated rings. The van der Waals surface area contributed by atoms with E-state index in [2.05, 4.69) is 15.7 Å². The number of methoxy groups -OCH3 is 1. The number of nitrogens with two attached hydrogens (primary N) is 1. The molecule has 0 aliphatic rings. The molecule has 0 atom stereocenters. The number of rotatable bonds is 7. The largest absolute Gasteiger partial charge is 0.385 e. The molecule has 7 heteroatoms. The Balaban J connectivity index is 2.37. The highest BCUT2D eigenvalue weighted by molar-refractivity contribution is 5.79. The van der Waals surface area contributed by atoms with Gasteiger partial charge in [-0.25, -0.2) is 14.6 Å². The quantitative estimate of drug-likeness (QED) is 0.229. The van der Waals surface area contributed by atoms with Gasteiger partial charge in [0, 0.05) is 32.9 Å². The van der Waals surface area contributed by atoms with Gasteiger partial charge in [0.2, 0.25) is 5.96 Å². The van der Waals surface area contributed by atoms with E-state index in [1.807, 2.05) is 0 Å². The molecule has 0 amide bonds. The summed E-state index contributed by atoms with van der Waals surface area (Å²) >= 11 is 0. The summed E-state index contributed by atoms with van der Waals surface area (Å²) in [5.74, 6) is 4.61. The molecule has 0 aliphatic carbocycles. The number of hydrogen-bond acceptors (Lipinski definition) is 3. The predicted molar refractivity (Wildman–Crippen MR) is 74.2 cm³/mol. The molecule has 0 heterocycles. The average molecular weight is 286 g/mol. The molecule has 20 heavy (non-hydrogen) atoms. The Morgan fingerprint density at radius 2 is 2.00 bits per heavy atom. The molecule has 0 saturated heterocycles. The van der Waals surface area contributed by atoms with Gasteiger partial charge in [0.25, 0.3) is 0 Å². The summed E-state index contributed by atoms with van der Waals surface area (Å²) in [5.41, 5.74) is 3.01. The highest BCUT2D eigenvalue weighted by Gasteiger charge is 2.01. The Bertz CT molecular complexity index is 420. The zero-order valence-electron chi connectivity index (χ0n) is 11.5. The van der Waals surface area contributed by atoms with Crippen LogP contribution in [-0.2, 0) is 11.2 Å². The maximum atomic E-state index is 13.0. The van der Waals surface area contributed by atoms with Crippen molar-refractivity contribution in [3.63, 3.8) is 0 Å². The third-order valence-corrected chi connectivity index (χ3v) is 2.54. The van der Waals surface area contributed by atoms with Crippen molar-refractivity contribution < 1.29 is 13.5 Å². The lowest BCUT2D eigenvalue weighted by Gasteiger charge is -2.09. The van der Waals surface area contributed by atoms with Crippen LogP contribution in [0.5, 0.6) is 0 Å². The number of nitrogens with one attached hydrogen (secondary N) is 2. The number of aliphatic imine (C=N–C) groups is 1. The summed E-state index contributed by atoms with van der Waals surface area (Å²) < 4.78 is 30.9. The predicted octanol–water partition coefficient (Wildman–Crippen LogP) is 0.953. The highest BCUT2D eigenvalue weighted by atomic mass is 19.1. The van der Waals surface area contributed by atoms with Gasteiger partial charge in [-0.2, -0.15) is 0 Å². The number of halogens is 2. The van der Waals surface area contributed by atoms with E-state index in [0.717, 1.165) is 12.5 Å². The van der Waals surface area contributed by atoms with Crippen molar-refractivity contribution >= 4 is 5.96 Å². The number of benzene rings is 1.